The number of aryl methyl sites for hydroxylation is 1. The second-order valence-electron chi connectivity index (χ2n) is 3.56. The Labute approximate surface area is 117 Å². The molecule has 0 unspecified atom stereocenters. The van der Waals surface area contributed by atoms with Crippen LogP contribution in [0.2, 0.25) is 0 Å². The first-order valence-corrected chi connectivity index (χ1v) is 6.79. The number of methoxy groups -OCH3 is 1. The van der Waals surface area contributed by atoms with Gasteiger partial charge in [0, 0.05) is 12.6 Å². The molecule has 1 rings (SSSR count). The molecule has 0 fully saturated rings. The topological polar surface area (TPSA) is 112 Å². The number of nitrogens with two attached hydrogens (primary N) is 1. The van der Waals surface area contributed by atoms with Crippen LogP contribution in [0.3, 0.4) is 0 Å². The van der Waals surface area contributed by atoms with Crippen LogP contribution >= 0.6 is 12.4 Å². The van der Waals surface area contributed by atoms with Gasteiger partial charge in [0.05, 0.1) is 7.11 Å². The molecule has 0 saturated carbocycles. The third kappa shape index (κ3) is 4.50. The minimum atomic E-state index is -3.69. The van der Waals surface area contributed by atoms with Crippen LogP contribution in [0.1, 0.15) is 22.7 Å². The zero-order chi connectivity index (χ0) is 13.8. The van der Waals surface area contributed by atoms with Gasteiger partial charge in [0.1, 0.15) is 10.7 Å². The van der Waals surface area contributed by atoms with Gasteiger partial charge in [-0.3, -0.25) is 0 Å². The van der Waals surface area contributed by atoms with E-state index in [1.54, 1.807) is 0 Å². The summed E-state index contributed by atoms with van der Waals surface area (Å²) in [6.07, 6.45) is 0.528. The van der Waals surface area contributed by atoms with Crippen LogP contribution in [0.15, 0.2) is 15.4 Å². The van der Waals surface area contributed by atoms with Crippen molar-refractivity contribution in [3.63, 3.8) is 0 Å². The summed E-state index contributed by atoms with van der Waals surface area (Å²) >= 11 is 0. The Hall–Kier alpha value is -1.09. The maximum atomic E-state index is 11.9. The van der Waals surface area contributed by atoms with Gasteiger partial charge in [-0.2, -0.15) is 0 Å². The molecule has 7 nitrogen and oxygen atoms in total. The van der Waals surface area contributed by atoms with E-state index in [2.05, 4.69) is 9.46 Å². The van der Waals surface area contributed by atoms with Gasteiger partial charge < -0.3 is 14.9 Å². The second-order valence-corrected chi connectivity index (χ2v) is 5.30. The van der Waals surface area contributed by atoms with Crippen molar-refractivity contribution in [2.24, 2.45) is 5.73 Å². The maximum absolute atomic E-state index is 11.9. The number of carbonyl (C=O) groups is 1. The Morgan fingerprint density at radius 3 is 2.68 bits per heavy atom. The van der Waals surface area contributed by atoms with Crippen molar-refractivity contribution in [3.05, 3.63) is 17.6 Å². The van der Waals surface area contributed by atoms with Crippen LogP contribution in [0.25, 0.3) is 0 Å². The van der Waals surface area contributed by atoms with E-state index in [1.165, 1.54) is 14.0 Å². The molecule has 0 atom stereocenters. The fourth-order valence-electron chi connectivity index (χ4n) is 1.32. The van der Waals surface area contributed by atoms with E-state index in [4.69, 9.17) is 10.2 Å². The Kier molecular flexibility index (Phi) is 7.06. The first kappa shape index (κ1) is 17.9. The number of hydrogen-bond donors (Lipinski definition) is 2. The predicted molar refractivity (Wildman–Crippen MR) is 70.9 cm³/mol. The average Bonchev–Trinajstić information content (AvgIpc) is 2.71. The number of ether oxygens (including phenoxy) is 1. The molecule has 1 aromatic heterocycles. The van der Waals surface area contributed by atoms with E-state index in [0.29, 0.717) is 13.0 Å². The number of hydrogen-bond acceptors (Lipinski definition) is 6. The Bertz CT molecular complexity index is 526. The first-order chi connectivity index (χ1) is 8.42. The minimum Gasteiger partial charge on any atom is -0.463 e. The monoisotopic (exact) mass is 312 g/mol. The van der Waals surface area contributed by atoms with Crippen LogP contribution in [0, 0.1) is 6.92 Å². The molecule has 0 bridgehead atoms. The SMILES string of the molecule is COC(=O)c1cc(S(=O)(=O)NCCCN)c(C)o1.Cl. The zero-order valence-corrected chi connectivity index (χ0v) is 12.3. The summed E-state index contributed by atoms with van der Waals surface area (Å²) in [5.41, 5.74) is 5.27. The molecule has 3 N–H and O–H groups in total. The highest BCUT2D eigenvalue weighted by Gasteiger charge is 2.23. The van der Waals surface area contributed by atoms with Crippen molar-refractivity contribution in [2.45, 2.75) is 18.2 Å². The average molecular weight is 313 g/mol. The van der Waals surface area contributed by atoms with E-state index in [1.807, 2.05) is 0 Å². The highest BCUT2D eigenvalue weighted by Crippen LogP contribution is 2.20. The Morgan fingerprint density at radius 2 is 2.16 bits per heavy atom. The van der Waals surface area contributed by atoms with Gasteiger partial charge in [0.15, 0.2) is 0 Å². The number of carbonyl (C=O) groups excluding carboxylic acids is 1. The summed E-state index contributed by atoms with van der Waals surface area (Å²) in [5, 5.41) is 0. The van der Waals surface area contributed by atoms with Crippen molar-refractivity contribution >= 4 is 28.4 Å². The molecule has 9 heteroatoms. The van der Waals surface area contributed by atoms with Crippen molar-refractivity contribution < 1.29 is 22.4 Å². The predicted octanol–water partition coefficient (Wildman–Crippen LogP) is 0.424. The normalized spacial score (nSPS) is 10.9. The Balaban J connectivity index is 0.00000324. The summed E-state index contributed by atoms with van der Waals surface area (Å²) in [6, 6.07) is 1.14. The summed E-state index contributed by atoms with van der Waals surface area (Å²) < 4.78 is 35.6. The zero-order valence-electron chi connectivity index (χ0n) is 10.6. The first-order valence-electron chi connectivity index (χ1n) is 5.31. The molecule has 0 spiro atoms. The fourth-order valence-corrected chi connectivity index (χ4v) is 2.57. The van der Waals surface area contributed by atoms with Gasteiger partial charge in [0.2, 0.25) is 15.8 Å². The van der Waals surface area contributed by atoms with Crippen molar-refractivity contribution in [3.8, 4) is 0 Å². The fraction of sp³-hybridized carbons (Fsp3) is 0.500. The molecule has 0 aliphatic rings. The molecule has 0 amide bonds. The lowest BCUT2D eigenvalue weighted by atomic mass is 10.4. The van der Waals surface area contributed by atoms with Crippen LogP contribution in [0.4, 0.5) is 0 Å². The summed E-state index contributed by atoms with van der Waals surface area (Å²) in [5.74, 6) is -0.730. The van der Waals surface area contributed by atoms with Crippen LogP contribution in [-0.2, 0) is 14.8 Å². The van der Waals surface area contributed by atoms with Gasteiger partial charge in [0.25, 0.3) is 0 Å². The number of rotatable bonds is 6. The lowest BCUT2D eigenvalue weighted by molar-refractivity contribution is 0.0563. The second kappa shape index (κ2) is 7.49. The summed E-state index contributed by atoms with van der Waals surface area (Å²) in [6.45, 7) is 2.08. The van der Waals surface area contributed by atoms with Gasteiger partial charge in [-0.05, 0) is 19.9 Å². The van der Waals surface area contributed by atoms with Gasteiger partial charge >= 0.3 is 5.97 Å². The van der Waals surface area contributed by atoms with Gasteiger partial charge in [-0.1, -0.05) is 0 Å². The number of furan rings is 1. The van der Waals surface area contributed by atoms with Gasteiger partial charge in [-0.15, -0.1) is 12.4 Å². The number of nitrogens with one attached hydrogen (secondary N) is 1. The molecular formula is C10H17ClN2O5S. The molecule has 0 radical (unpaired) electrons. The quantitative estimate of drug-likeness (QED) is 0.582. The standard InChI is InChI=1S/C10H16N2O5S.ClH/c1-7-9(6-8(17-7)10(13)16-2)18(14,15)12-5-3-4-11;/h6,12H,3-5,11H2,1-2H3;1H. The maximum Gasteiger partial charge on any atom is 0.373 e. The van der Waals surface area contributed by atoms with Gasteiger partial charge in [-0.25, -0.2) is 17.9 Å². The molecule has 110 valence electrons. The number of esters is 1. The van der Waals surface area contributed by atoms with Crippen molar-refractivity contribution in [2.75, 3.05) is 20.2 Å². The highest BCUT2D eigenvalue weighted by molar-refractivity contribution is 7.89. The summed E-state index contributed by atoms with van der Waals surface area (Å²) in [4.78, 5) is 11.1. The van der Waals surface area contributed by atoms with Crippen LogP contribution < -0.4 is 10.5 Å². The summed E-state index contributed by atoms with van der Waals surface area (Å²) in [7, 11) is -2.50. The van der Waals surface area contributed by atoms with E-state index < -0.39 is 16.0 Å². The molecule has 0 aromatic carbocycles. The van der Waals surface area contributed by atoms with Crippen LogP contribution in [0.5, 0.6) is 0 Å². The lowest BCUT2D eigenvalue weighted by Gasteiger charge is -2.03. The molecule has 0 aliphatic carbocycles. The third-order valence-electron chi connectivity index (χ3n) is 2.22. The number of halogens is 1. The third-order valence-corrected chi connectivity index (χ3v) is 3.79. The highest BCUT2D eigenvalue weighted by atomic mass is 35.5. The minimum absolute atomic E-state index is 0. The van der Waals surface area contributed by atoms with E-state index in [9.17, 15) is 13.2 Å². The lowest BCUT2D eigenvalue weighted by Crippen LogP contribution is -2.26. The molecule has 1 aromatic rings. The van der Waals surface area contributed by atoms with E-state index in [-0.39, 0.29) is 35.4 Å². The van der Waals surface area contributed by atoms with Crippen LogP contribution in [-0.4, -0.2) is 34.6 Å². The number of sulfonamides is 1. The van der Waals surface area contributed by atoms with Crippen molar-refractivity contribution in [1.82, 2.24) is 4.72 Å². The smallest absolute Gasteiger partial charge is 0.373 e. The van der Waals surface area contributed by atoms with E-state index >= 15 is 0 Å². The molecule has 1 heterocycles. The Morgan fingerprint density at radius 1 is 1.53 bits per heavy atom. The van der Waals surface area contributed by atoms with E-state index in [0.717, 1.165) is 6.07 Å². The van der Waals surface area contributed by atoms with Crippen molar-refractivity contribution in [1.29, 1.82) is 0 Å². The molecule has 0 aliphatic heterocycles. The molecular weight excluding hydrogens is 296 g/mol. The molecule has 19 heavy (non-hydrogen) atoms. The molecule has 0 saturated heterocycles. The largest absolute Gasteiger partial charge is 0.463 e.